The molecule has 1 aliphatic carbocycles. The summed E-state index contributed by atoms with van der Waals surface area (Å²) in [5.41, 5.74) is 1.09. The lowest BCUT2D eigenvalue weighted by atomic mass is 9.72. The van der Waals surface area contributed by atoms with Crippen LogP contribution in [0.2, 0.25) is 5.02 Å². The van der Waals surface area contributed by atoms with Crippen LogP contribution in [-0.4, -0.2) is 13.6 Å². The number of benzene rings is 1. The molecular formula is C16H23ClFN. The molecule has 1 nitrogen and oxygen atoms in total. The van der Waals surface area contributed by atoms with E-state index in [1.54, 1.807) is 0 Å². The van der Waals surface area contributed by atoms with E-state index in [4.69, 9.17) is 11.6 Å². The van der Waals surface area contributed by atoms with Gasteiger partial charge in [-0.15, -0.1) is 0 Å². The monoisotopic (exact) mass is 283 g/mol. The van der Waals surface area contributed by atoms with Gasteiger partial charge in [-0.25, -0.2) is 4.39 Å². The van der Waals surface area contributed by atoms with Crippen molar-refractivity contribution in [2.45, 2.75) is 32.6 Å². The highest BCUT2D eigenvalue weighted by atomic mass is 35.5. The Morgan fingerprint density at radius 3 is 2.79 bits per heavy atom. The quantitative estimate of drug-likeness (QED) is 0.869. The molecule has 0 spiro atoms. The molecule has 0 amide bonds. The highest BCUT2D eigenvalue weighted by Crippen LogP contribution is 2.36. The van der Waals surface area contributed by atoms with E-state index in [0.29, 0.717) is 16.9 Å². The summed E-state index contributed by atoms with van der Waals surface area (Å²) in [6.07, 6.45) is 4.82. The summed E-state index contributed by atoms with van der Waals surface area (Å²) >= 11 is 6.15. The van der Waals surface area contributed by atoms with Crippen LogP contribution in [0.5, 0.6) is 0 Å². The van der Waals surface area contributed by atoms with Crippen LogP contribution in [0.25, 0.3) is 0 Å². The zero-order valence-corrected chi connectivity index (χ0v) is 12.5. The van der Waals surface area contributed by atoms with Gasteiger partial charge in [-0.1, -0.05) is 31.0 Å². The molecule has 1 N–H and O–H groups in total. The fourth-order valence-corrected chi connectivity index (χ4v) is 3.56. The SMILES string of the molecule is CNCC1CCC(C)CC1Cc1ccc(F)cc1Cl. The summed E-state index contributed by atoms with van der Waals surface area (Å²) in [5.74, 6) is 1.90. The van der Waals surface area contributed by atoms with E-state index in [-0.39, 0.29) is 5.82 Å². The molecule has 1 aromatic carbocycles. The van der Waals surface area contributed by atoms with E-state index in [1.807, 2.05) is 13.1 Å². The Morgan fingerprint density at radius 1 is 1.32 bits per heavy atom. The predicted molar refractivity (Wildman–Crippen MR) is 79.0 cm³/mol. The van der Waals surface area contributed by atoms with Gasteiger partial charge in [-0.05, 0) is 68.3 Å². The van der Waals surface area contributed by atoms with E-state index < -0.39 is 0 Å². The molecule has 1 aliphatic rings. The third-order valence-electron chi connectivity index (χ3n) is 4.37. The largest absolute Gasteiger partial charge is 0.319 e. The second-order valence-corrected chi connectivity index (χ2v) is 6.34. The summed E-state index contributed by atoms with van der Waals surface area (Å²) in [4.78, 5) is 0. The minimum absolute atomic E-state index is 0.252. The molecule has 19 heavy (non-hydrogen) atoms. The molecule has 0 aromatic heterocycles. The summed E-state index contributed by atoms with van der Waals surface area (Å²) in [6, 6.07) is 4.78. The Kier molecular flexibility index (Phi) is 5.23. The van der Waals surface area contributed by atoms with Crippen LogP contribution in [-0.2, 0) is 6.42 Å². The van der Waals surface area contributed by atoms with Crippen LogP contribution in [0.1, 0.15) is 31.7 Å². The zero-order chi connectivity index (χ0) is 13.8. The summed E-state index contributed by atoms with van der Waals surface area (Å²) in [6.45, 7) is 3.39. The van der Waals surface area contributed by atoms with Crippen molar-refractivity contribution in [3.63, 3.8) is 0 Å². The molecule has 3 unspecified atom stereocenters. The maximum Gasteiger partial charge on any atom is 0.124 e. The van der Waals surface area contributed by atoms with Gasteiger partial charge in [0.2, 0.25) is 0 Å². The van der Waals surface area contributed by atoms with Crippen LogP contribution in [0.15, 0.2) is 18.2 Å². The minimum atomic E-state index is -0.252. The third-order valence-corrected chi connectivity index (χ3v) is 4.72. The van der Waals surface area contributed by atoms with Crippen LogP contribution in [0.3, 0.4) is 0 Å². The summed E-state index contributed by atoms with van der Waals surface area (Å²) < 4.78 is 13.1. The van der Waals surface area contributed by atoms with Gasteiger partial charge in [-0.2, -0.15) is 0 Å². The van der Waals surface area contributed by atoms with E-state index in [0.717, 1.165) is 24.4 Å². The zero-order valence-electron chi connectivity index (χ0n) is 11.8. The average Bonchev–Trinajstić information content (AvgIpc) is 2.36. The fourth-order valence-electron chi connectivity index (χ4n) is 3.31. The normalized spacial score (nSPS) is 27.5. The average molecular weight is 284 g/mol. The van der Waals surface area contributed by atoms with Crippen LogP contribution in [0.4, 0.5) is 4.39 Å². The van der Waals surface area contributed by atoms with Gasteiger partial charge in [-0.3, -0.25) is 0 Å². The van der Waals surface area contributed by atoms with Gasteiger partial charge in [0.25, 0.3) is 0 Å². The Labute approximate surface area is 120 Å². The Hall–Kier alpha value is -0.600. The Balaban J connectivity index is 2.09. The van der Waals surface area contributed by atoms with E-state index >= 15 is 0 Å². The van der Waals surface area contributed by atoms with Crippen LogP contribution >= 0.6 is 11.6 Å². The topological polar surface area (TPSA) is 12.0 Å². The standard InChI is InChI=1S/C16H23ClFN/c1-11-3-4-13(10-19-2)14(7-11)8-12-5-6-15(18)9-16(12)17/h5-6,9,11,13-14,19H,3-4,7-8,10H2,1-2H3. The van der Waals surface area contributed by atoms with Gasteiger partial charge >= 0.3 is 0 Å². The molecular weight excluding hydrogens is 261 g/mol. The van der Waals surface area contributed by atoms with Crippen molar-refractivity contribution in [3.8, 4) is 0 Å². The number of hydrogen-bond acceptors (Lipinski definition) is 1. The second kappa shape index (κ2) is 6.71. The van der Waals surface area contributed by atoms with Crippen molar-refractivity contribution in [2.24, 2.45) is 17.8 Å². The van der Waals surface area contributed by atoms with Gasteiger partial charge in [0.05, 0.1) is 0 Å². The molecule has 3 atom stereocenters. The number of rotatable bonds is 4. The first-order chi connectivity index (χ1) is 9.10. The van der Waals surface area contributed by atoms with E-state index in [2.05, 4.69) is 12.2 Å². The lowest BCUT2D eigenvalue weighted by Crippen LogP contribution is -2.32. The van der Waals surface area contributed by atoms with Crippen molar-refractivity contribution in [3.05, 3.63) is 34.6 Å². The van der Waals surface area contributed by atoms with Gasteiger partial charge in [0, 0.05) is 5.02 Å². The van der Waals surface area contributed by atoms with Crippen LogP contribution in [0, 0.1) is 23.6 Å². The molecule has 1 saturated carbocycles. The molecule has 2 rings (SSSR count). The lowest BCUT2D eigenvalue weighted by Gasteiger charge is -2.35. The molecule has 0 aliphatic heterocycles. The maximum absolute atomic E-state index is 13.1. The highest BCUT2D eigenvalue weighted by molar-refractivity contribution is 6.31. The molecule has 1 fully saturated rings. The van der Waals surface area contributed by atoms with Crippen molar-refractivity contribution >= 4 is 11.6 Å². The Morgan fingerprint density at radius 2 is 2.11 bits per heavy atom. The van der Waals surface area contributed by atoms with Gasteiger partial charge in [0.15, 0.2) is 0 Å². The fraction of sp³-hybridized carbons (Fsp3) is 0.625. The number of nitrogens with one attached hydrogen (secondary N) is 1. The molecule has 0 bridgehead atoms. The van der Waals surface area contributed by atoms with Gasteiger partial charge in [0.1, 0.15) is 5.82 Å². The van der Waals surface area contributed by atoms with Crippen molar-refractivity contribution in [2.75, 3.05) is 13.6 Å². The number of halogens is 2. The minimum Gasteiger partial charge on any atom is -0.319 e. The first-order valence-electron chi connectivity index (χ1n) is 7.18. The third kappa shape index (κ3) is 3.93. The van der Waals surface area contributed by atoms with E-state index in [9.17, 15) is 4.39 Å². The predicted octanol–water partition coefficient (Wildman–Crippen LogP) is 4.29. The van der Waals surface area contributed by atoms with Crippen molar-refractivity contribution < 1.29 is 4.39 Å². The maximum atomic E-state index is 13.1. The smallest absolute Gasteiger partial charge is 0.124 e. The first-order valence-corrected chi connectivity index (χ1v) is 7.56. The molecule has 1 aromatic rings. The number of hydrogen-bond donors (Lipinski definition) is 1. The second-order valence-electron chi connectivity index (χ2n) is 5.94. The molecule has 0 saturated heterocycles. The van der Waals surface area contributed by atoms with Crippen molar-refractivity contribution in [1.82, 2.24) is 5.32 Å². The summed E-state index contributed by atoms with van der Waals surface area (Å²) in [5, 5.41) is 3.87. The molecule has 0 radical (unpaired) electrons. The van der Waals surface area contributed by atoms with Gasteiger partial charge < -0.3 is 5.32 Å². The molecule has 3 heteroatoms. The molecule has 0 heterocycles. The highest BCUT2D eigenvalue weighted by Gasteiger charge is 2.28. The summed E-state index contributed by atoms with van der Waals surface area (Å²) in [7, 11) is 2.01. The molecule has 106 valence electrons. The van der Waals surface area contributed by atoms with Crippen LogP contribution < -0.4 is 5.32 Å². The van der Waals surface area contributed by atoms with E-state index in [1.165, 1.54) is 31.4 Å². The first kappa shape index (κ1) is 14.8. The van der Waals surface area contributed by atoms with Crippen molar-refractivity contribution in [1.29, 1.82) is 0 Å². The lowest BCUT2D eigenvalue weighted by molar-refractivity contribution is 0.186. The Bertz CT molecular complexity index is 421.